The number of rotatable bonds is 7. The van der Waals surface area contributed by atoms with E-state index in [2.05, 4.69) is 16.3 Å². The van der Waals surface area contributed by atoms with Crippen LogP contribution in [0.25, 0.3) is 0 Å². The molecule has 0 saturated carbocycles. The maximum atomic E-state index is 12.4. The second kappa shape index (κ2) is 9.72. The number of nitrogens with zero attached hydrogens (tertiary/aromatic N) is 2. The molecule has 27 heavy (non-hydrogen) atoms. The Labute approximate surface area is 159 Å². The highest BCUT2D eigenvalue weighted by Crippen LogP contribution is 2.16. The number of carbonyl (C=O) groups is 1. The highest BCUT2D eigenvalue weighted by Gasteiger charge is 2.20. The van der Waals surface area contributed by atoms with Crippen molar-refractivity contribution in [3.8, 4) is 11.8 Å². The summed E-state index contributed by atoms with van der Waals surface area (Å²) in [7, 11) is 0. The molecule has 1 aliphatic rings. The molecule has 1 unspecified atom stereocenters. The maximum absolute atomic E-state index is 12.4. The van der Waals surface area contributed by atoms with Crippen LogP contribution in [0.5, 0.6) is 5.75 Å². The molecule has 1 fully saturated rings. The van der Waals surface area contributed by atoms with Gasteiger partial charge in [-0.3, -0.25) is 9.69 Å². The van der Waals surface area contributed by atoms with Crippen LogP contribution in [0.3, 0.4) is 0 Å². The van der Waals surface area contributed by atoms with Crippen LogP contribution in [0.1, 0.15) is 17.2 Å². The zero-order chi connectivity index (χ0) is 18.9. The molecule has 0 spiro atoms. The Morgan fingerprint density at radius 1 is 1.15 bits per heavy atom. The third-order valence-corrected chi connectivity index (χ3v) is 4.43. The van der Waals surface area contributed by atoms with E-state index in [1.165, 1.54) is 0 Å². The van der Waals surface area contributed by atoms with Crippen LogP contribution in [0, 0.1) is 11.3 Å². The fourth-order valence-electron chi connectivity index (χ4n) is 2.97. The van der Waals surface area contributed by atoms with Crippen LogP contribution in [-0.4, -0.2) is 50.3 Å². The van der Waals surface area contributed by atoms with Crippen LogP contribution in [0.2, 0.25) is 0 Å². The van der Waals surface area contributed by atoms with E-state index >= 15 is 0 Å². The Morgan fingerprint density at radius 2 is 1.85 bits per heavy atom. The number of hydrogen-bond donors (Lipinski definition) is 1. The van der Waals surface area contributed by atoms with E-state index in [4.69, 9.17) is 14.7 Å². The lowest BCUT2D eigenvalue weighted by Crippen LogP contribution is -2.44. The molecule has 1 aliphatic heterocycles. The molecule has 2 aromatic rings. The van der Waals surface area contributed by atoms with Crippen LogP contribution in [0.15, 0.2) is 54.6 Å². The minimum absolute atomic E-state index is 0.0711. The van der Waals surface area contributed by atoms with Crippen molar-refractivity contribution in [3.05, 3.63) is 65.7 Å². The first-order chi connectivity index (χ1) is 13.2. The Morgan fingerprint density at radius 3 is 2.52 bits per heavy atom. The van der Waals surface area contributed by atoms with Gasteiger partial charge in [-0.1, -0.05) is 30.3 Å². The zero-order valence-corrected chi connectivity index (χ0v) is 15.1. The molecule has 1 saturated heterocycles. The highest BCUT2D eigenvalue weighted by atomic mass is 16.5. The minimum Gasteiger partial charge on any atom is -0.484 e. The average molecular weight is 365 g/mol. The van der Waals surface area contributed by atoms with Gasteiger partial charge in [-0.15, -0.1) is 0 Å². The number of benzene rings is 2. The number of morpholine rings is 1. The molecule has 1 heterocycles. The SMILES string of the molecule is N#Cc1ccc(OCC(=O)NC(CN2CCOCC2)c2ccccc2)cc1. The third kappa shape index (κ3) is 5.81. The first-order valence-electron chi connectivity index (χ1n) is 9.02. The van der Waals surface area contributed by atoms with Crippen LogP contribution in [0.4, 0.5) is 0 Å². The molecule has 0 radical (unpaired) electrons. The molecule has 140 valence electrons. The molecule has 1 N–H and O–H groups in total. The first kappa shape index (κ1) is 18.9. The van der Waals surface area contributed by atoms with Crippen molar-refractivity contribution in [1.82, 2.24) is 10.2 Å². The lowest BCUT2D eigenvalue weighted by Gasteiger charge is -2.31. The molecule has 0 bridgehead atoms. The van der Waals surface area contributed by atoms with E-state index in [1.54, 1.807) is 24.3 Å². The van der Waals surface area contributed by atoms with Crippen LogP contribution < -0.4 is 10.1 Å². The molecule has 6 nitrogen and oxygen atoms in total. The van der Waals surface area contributed by atoms with Gasteiger partial charge < -0.3 is 14.8 Å². The van der Waals surface area contributed by atoms with E-state index in [1.807, 2.05) is 30.3 Å². The fraction of sp³-hybridized carbons (Fsp3) is 0.333. The summed E-state index contributed by atoms with van der Waals surface area (Å²) in [6.45, 7) is 3.82. The molecular formula is C21H23N3O3. The lowest BCUT2D eigenvalue weighted by atomic mass is 10.1. The van der Waals surface area contributed by atoms with Crippen molar-refractivity contribution < 1.29 is 14.3 Å². The Balaban J connectivity index is 1.58. The van der Waals surface area contributed by atoms with E-state index in [-0.39, 0.29) is 18.6 Å². The lowest BCUT2D eigenvalue weighted by molar-refractivity contribution is -0.124. The number of carbonyl (C=O) groups excluding carboxylic acids is 1. The van der Waals surface area contributed by atoms with Crippen LogP contribution >= 0.6 is 0 Å². The quantitative estimate of drug-likeness (QED) is 0.814. The van der Waals surface area contributed by atoms with Crippen molar-refractivity contribution in [2.24, 2.45) is 0 Å². The second-order valence-electron chi connectivity index (χ2n) is 6.37. The van der Waals surface area contributed by atoms with E-state index < -0.39 is 0 Å². The summed E-state index contributed by atoms with van der Waals surface area (Å²) in [5.74, 6) is 0.384. The number of nitrogens with one attached hydrogen (secondary N) is 1. The fourth-order valence-corrected chi connectivity index (χ4v) is 2.97. The standard InChI is InChI=1S/C21H23N3O3/c22-14-17-6-8-19(9-7-17)27-16-21(25)23-20(18-4-2-1-3-5-18)15-24-10-12-26-13-11-24/h1-9,20H,10-13,15-16H2,(H,23,25). The van der Waals surface area contributed by atoms with Gasteiger partial charge >= 0.3 is 0 Å². The predicted molar refractivity (Wildman–Crippen MR) is 101 cm³/mol. The van der Waals surface area contributed by atoms with Gasteiger partial charge in [-0.2, -0.15) is 5.26 Å². The van der Waals surface area contributed by atoms with Gasteiger partial charge in [0, 0.05) is 19.6 Å². The summed E-state index contributed by atoms with van der Waals surface area (Å²) in [4.78, 5) is 14.7. The molecule has 1 amide bonds. The monoisotopic (exact) mass is 365 g/mol. The van der Waals surface area contributed by atoms with Crippen molar-refractivity contribution in [1.29, 1.82) is 5.26 Å². The van der Waals surface area contributed by atoms with Crippen molar-refractivity contribution in [3.63, 3.8) is 0 Å². The zero-order valence-electron chi connectivity index (χ0n) is 15.1. The predicted octanol–water partition coefficient (Wildman–Crippen LogP) is 2.13. The van der Waals surface area contributed by atoms with Gasteiger partial charge in [0.15, 0.2) is 6.61 Å². The smallest absolute Gasteiger partial charge is 0.258 e. The van der Waals surface area contributed by atoms with Crippen molar-refractivity contribution >= 4 is 5.91 Å². The normalized spacial score (nSPS) is 15.5. The Bertz CT molecular complexity index is 766. The topological polar surface area (TPSA) is 74.6 Å². The van der Waals surface area contributed by atoms with Gasteiger partial charge in [-0.05, 0) is 29.8 Å². The number of ether oxygens (including phenoxy) is 2. The molecule has 1 atom stereocenters. The first-order valence-corrected chi connectivity index (χ1v) is 9.02. The summed E-state index contributed by atoms with van der Waals surface area (Å²) in [6, 6.07) is 18.6. The molecule has 2 aromatic carbocycles. The Hall–Kier alpha value is -2.88. The van der Waals surface area contributed by atoms with Crippen LogP contribution in [-0.2, 0) is 9.53 Å². The average Bonchev–Trinajstić information content (AvgIpc) is 2.73. The largest absolute Gasteiger partial charge is 0.484 e. The summed E-state index contributed by atoms with van der Waals surface area (Å²) in [5.41, 5.74) is 1.62. The summed E-state index contributed by atoms with van der Waals surface area (Å²) >= 11 is 0. The van der Waals surface area contributed by atoms with Gasteiger partial charge in [0.05, 0.1) is 30.9 Å². The number of nitriles is 1. The highest BCUT2D eigenvalue weighted by molar-refractivity contribution is 5.78. The van der Waals surface area contributed by atoms with Crippen molar-refractivity contribution in [2.45, 2.75) is 6.04 Å². The number of hydrogen-bond acceptors (Lipinski definition) is 5. The number of amides is 1. The maximum Gasteiger partial charge on any atom is 0.258 e. The van der Waals surface area contributed by atoms with Gasteiger partial charge in [0.2, 0.25) is 0 Å². The van der Waals surface area contributed by atoms with E-state index in [0.717, 1.165) is 38.4 Å². The summed E-state index contributed by atoms with van der Waals surface area (Å²) in [5, 5.41) is 11.9. The van der Waals surface area contributed by atoms with Gasteiger partial charge in [0.1, 0.15) is 5.75 Å². The van der Waals surface area contributed by atoms with E-state index in [0.29, 0.717) is 11.3 Å². The molecule has 6 heteroatoms. The molecule has 0 aliphatic carbocycles. The Kier molecular flexibility index (Phi) is 6.80. The molecule has 3 rings (SSSR count). The van der Waals surface area contributed by atoms with Crippen molar-refractivity contribution in [2.75, 3.05) is 39.5 Å². The molecular weight excluding hydrogens is 342 g/mol. The minimum atomic E-state index is -0.179. The van der Waals surface area contributed by atoms with Gasteiger partial charge in [-0.25, -0.2) is 0 Å². The van der Waals surface area contributed by atoms with Gasteiger partial charge in [0.25, 0.3) is 5.91 Å². The second-order valence-corrected chi connectivity index (χ2v) is 6.37. The summed E-state index contributed by atoms with van der Waals surface area (Å²) < 4.78 is 10.9. The molecule has 0 aromatic heterocycles. The van der Waals surface area contributed by atoms with E-state index in [9.17, 15) is 4.79 Å². The summed E-state index contributed by atoms with van der Waals surface area (Å²) in [6.07, 6.45) is 0. The third-order valence-electron chi connectivity index (χ3n) is 4.43.